The van der Waals surface area contributed by atoms with E-state index in [1.165, 1.54) is 12.3 Å². The number of hydrogen-bond acceptors (Lipinski definition) is 4. The summed E-state index contributed by atoms with van der Waals surface area (Å²) >= 11 is 0. The lowest BCUT2D eigenvalue weighted by Gasteiger charge is -2.09. The standard InChI is InChI=1S/C11H15F3N4O2/c1-2-3-15-8-4-10(20)18(17-5-8)6-9(19)16-7-11(12,13)14/h4-5,15H,2-3,6-7H2,1H3,(H,16,19). The van der Waals surface area contributed by atoms with E-state index in [0.717, 1.165) is 11.1 Å². The molecule has 0 atom stereocenters. The van der Waals surface area contributed by atoms with Gasteiger partial charge in [-0.25, -0.2) is 4.68 Å². The third-order valence-electron chi connectivity index (χ3n) is 2.23. The van der Waals surface area contributed by atoms with E-state index in [1.807, 2.05) is 6.92 Å². The van der Waals surface area contributed by atoms with Crippen molar-refractivity contribution in [2.24, 2.45) is 0 Å². The maximum Gasteiger partial charge on any atom is 0.405 e. The fourth-order valence-corrected chi connectivity index (χ4v) is 1.31. The molecule has 1 heterocycles. The van der Waals surface area contributed by atoms with Crippen LogP contribution in [0.25, 0.3) is 0 Å². The molecule has 1 rings (SSSR count). The van der Waals surface area contributed by atoms with Gasteiger partial charge in [0.05, 0.1) is 11.9 Å². The molecule has 0 unspecified atom stereocenters. The smallest absolute Gasteiger partial charge is 0.384 e. The predicted molar refractivity (Wildman–Crippen MR) is 66.3 cm³/mol. The molecule has 2 N–H and O–H groups in total. The van der Waals surface area contributed by atoms with Gasteiger partial charge >= 0.3 is 6.18 Å². The molecular formula is C11H15F3N4O2. The van der Waals surface area contributed by atoms with E-state index in [0.29, 0.717) is 12.2 Å². The summed E-state index contributed by atoms with van der Waals surface area (Å²) in [7, 11) is 0. The summed E-state index contributed by atoms with van der Waals surface area (Å²) in [5.74, 6) is -0.925. The van der Waals surface area contributed by atoms with Crippen LogP contribution < -0.4 is 16.2 Å². The minimum atomic E-state index is -4.48. The molecule has 0 spiro atoms. The van der Waals surface area contributed by atoms with Gasteiger partial charge in [0, 0.05) is 12.6 Å². The van der Waals surface area contributed by atoms with Crippen LogP contribution in [-0.2, 0) is 11.3 Å². The first kappa shape index (κ1) is 16.0. The van der Waals surface area contributed by atoms with Gasteiger partial charge in [0.25, 0.3) is 5.56 Å². The first-order valence-corrected chi connectivity index (χ1v) is 5.96. The number of hydrogen-bond donors (Lipinski definition) is 2. The van der Waals surface area contributed by atoms with Crippen molar-refractivity contribution >= 4 is 11.6 Å². The van der Waals surface area contributed by atoms with E-state index in [-0.39, 0.29) is 0 Å². The quantitative estimate of drug-likeness (QED) is 0.811. The number of nitrogens with zero attached hydrogens (tertiary/aromatic N) is 2. The fourth-order valence-electron chi connectivity index (χ4n) is 1.31. The lowest BCUT2D eigenvalue weighted by molar-refractivity contribution is -0.138. The van der Waals surface area contributed by atoms with E-state index < -0.39 is 30.7 Å². The number of halogens is 3. The van der Waals surface area contributed by atoms with Crippen LogP contribution in [0.2, 0.25) is 0 Å². The average Bonchev–Trinajstić information content (AvgIpc) is 2.36. The van der Waals surface area contributed by atoms with Gasteiger partial charge in [-0.3, -0.25) is 9.59 Å². The predicted octanol–water partition coefficient (Wildman–Crippen LogP) is 0.744. The zero-order valence-corrected chi connectivity index (χ0v) is 10.8. The Morgan fingerprint density at radius 3 is 2.70 bits per heavy atom. The Hall–Kier alpha value is -2.06. The molecule has 0 aromatic carbocycles. The first-order chi connectivity index (χ1) is 9.31. The molecule has 0 radical (unpaired) electrons. The van der Waals surface area contributed by atoms with Crippen molar-refractivity contribution in [2.75, 3.05) is 18.4 Å². The van der Waals surface area contributed by atoms with Crippen LogP contribution in [0, 0.1) is 0 Å². The molecule has 0 aliphatic heterocycles. The normalized spacial score (nSPS) is 11.2. The van der Waals surface area contributed by atoms with Crippen molar-refractivity contribution in [1.29, 1.82) is 0 Å². The van der Waals surface area contributed by atoms with Crippen molar-refractivity contribution in [1.82, 2.24) is 15.1 Å². The van der Waals surface area contributed by atoms with Crippen LogP contribution in [0.4, 0.5) is 18.9 Å². The molecule has 0 fully saturated rings. The minimum absolute atomic E-state index is 0.504. The Balaban J connectivity index is 2.60. The second-order valence-electron chi connectivity index (χ2n) is 4.06. The number of rotatable bonds is 6. The highest BCUT2D eigenvalue weighted by Gasteiger charge is 2.27. The lowest BCUT2D eigenvalue weighted by Crippen LogP contribution is -2.38. The topological polar surface area (TPSA) is 76.0 Å². The number of anilines is 1. The van der Waals surface area contributed by atoms with E-state index in [1.54, 1.807) is 5.32 Å². The molecule has 0 aliphatic rings. The van der Waals surface area contributed by atoms with Gasteiger partial charge in [-0.1, -0.05) is 6.92 Å². The van der Waals surface area contributed by atoms with Crippen LogP contribution in [0.3, 0.4) is 0 Å². The molecule has 112 valence electrons. The van der Waals surface area contributed by atoms with Crippen LogP contribution in [-0.4, -0.2) is 35.0 Å². The minimum Gasteiger partial charge on any atom is -0.384 e. The molecule has 1 aromatic heterocycles. The van der Waals surface area contributed by atoms with Gasteiger partial charge in [0.2, 0.25) is 5.91 Å². The molecule has 0 aliphatic carbocycles. The molecule has 0 saturated heterocycles. The molecule has 9 heteroatoms. The maximum atomic E-state index is 11.9. The van der Waals surface area contributed by atoms with Crippen molar-refractivity contribution in [2.45, 2.75) is 26.1 Å². The Kier molecular flexibility index (Phi) is 5.53. The molecule has 20 heavy (non-hydrogen) atoms. The molecule has 0 bridgehead atoms. The molecule has 0 saturated carbocycles. The van der Waals surface area contributed by atoms with Crippen molar-refractivity contribution < 1.29 is 18.0 Å². The summed E-state index contributed by atoms with van der Waals surface area (Å²) in [5.41, 5.74) is -0.0583. The molecule has 1 amide bonds. The molecule has 6 nitrogen and oxygen atoms in total. The number of nitrogens with one attached hydrogen (secondary N) is 2. The fraction of sp³-hybridized carbons (Fsp3) is 0.545. The van der Waals surface area contributed by atoms with E-state index in [4.69, 9.17) is 0 Å². The Bertz CT molecular complexity index is 513. The Labute approximate surface area is 113 Å². The summed E-state index contributed by atoms with van der Waals surface area (Å²) in [4.78, 5) is 22.8. The third kappa shape index (κ3) is 5.72. The Morgan fingerprint density at radius 1 is 1.45 bits per heavy atom. The van der Waals surface area contributed by atoms with Gasteiger partial charge in [0.1, 0.15) is 13.1 Å². The number of aromatic nitrogens is 2. The van der Waals surface area contributed by atoms with Crippen LogP contribution in [0.5, 0.6) is 0 Å². The maximum absolute atomic E-state index is 11.9. The lowest BCUT2D eigenvalue weighted by atomic mass is 10.4. The van der Waals surface area contributed by atoms with Crippen molar-refractivity contribution in [3.63, 3.8) is 0 Å². The number of alkyl halides is 3. The van der Waals surface area contributed by atoms with E-state index in [9.17, 15) is 22.8 Å². The van der Waals surface area contributed by atoms with Crippen LogP contribution >= 0.6 is 0 Å². The highest BCUT2D eigenvalue weighted by Crippen LogP contribution is 2.11. The summed E-state index contributed by atoms with van der Waals surface area (Å²) in [6.07, 6.45) is -2.28. The zero-order valence-electron chi connectivity index (χ0n) is 10.8. The molecular weight excluding hydrogens is 277 g/mol. The SMILES string of the molecule is CCCNc1cnn(CC(=O)NCC(F)(F)F)c(=O)c1. The number of carbonyl (C=O) groups is 1. The number of carbonyl (C=O) groups excluding carboxylic acids is 1. The Morgan fingerprint density at radius 2 is 2.15 bits per heavy atom. The van der Waals surface area contributed by atoms with Gasteiger partial charge < -0.3 is 10.6 Å². The second-order valence-corrected chi connectivity index (χ2v) is 4.06. The first-order valence-electron chi connectivity index (χ1n) is 5.96. The van der Waals surface area contributed by atoms with E-state index >= 15 is 0 Å². The van der Waals surface area contributed by atoms with Crippen molar-refractivity contribution in [3.05, 3.63) is 22.6 Å². The molecule has 1 aromatic rings. The monoisotopic (exact) mass is 292 g/mol. The average molecular weight is 292 g/mol. The third-order valence-corrected chi connectivity index (χ3v) is 2.23. The van der Waals surface area contributed by atoms with Crippen molar-refractivity contribution in [3.8, 4) is 0 Å². The number of amides is 1. The van der Waals surface area contributed by atoms with E-state index in [2.05, 4.69) is 10.4 Å². The summed E-state index contributed by atoms with van der Waals surface area (Å²) in [5, 5.41) is 8.32. The summed E-state index contributed by atoms with van der Waals surface area (Å²) in [6, 6.07) is 1.24. The van der Waals surface area contributed by atoms with Gasteiger partial charge in [0.15, 0.2) is 0 Å². The summed E-state index contributed by atoms with van der Waals surface area (Å²) < 4.78 is 36.5. The largest absolute Gasteiger partial charge is 0.405 e. The zero-order chi connectivity index (χ0) is 15.2. The van der Waals surface area contributed by atoms with Gasteiger partial charge in [-0.15, -0.1) is 0 Å². The van der Waals surface area contributed by atoms with Crippen LogP contribution in [0.15, 0.2) is 17.1 Å². The second kappa shape index (κ2) is 6.92. The summed E-state index contributed by atoms with van der Waals surface area (Å²) in [6.45, 7) is 0.629. The highest BCUT2D eigenvalue weighted by atomic mass is 19.4. The van der Waals surface area contributed by atoms with Crippen LogP contribution in [0.1, 0.15) is 13.3 Å². The highest BCUT2D eigenvalue weighted by molar-refractivity contribution is 5.75. The van der Waals surface area contributed by atoms with Gasteiger partial charge in [-0.2, -0.15) is 18.3 Å². The van der Waals surface area contributed by atoms with Gasteiger partial charge in [-0.05, 0) is 6.42 Å².